The first-order chi connectivity index (χ1) is 8.72. The Morgan fingerprint density at radius 1 is 1.17 bits per heavy atom. The second-order valence-electron chi connectivity index (χ2n) is 5.01. The van der Waals surface area contributed by atoms with Gasteiger partial charge in [0.15, 0.2) is 5.82 Å². The Kier molecular flexibility index (Phi) is 2.74. The van der Waals surface area contributed by atoms with Gasteiger partial charge < -0.3 is 5.73 Å². The molecule has 3 nitrogen and oxygen atoms in total. The molecule has 0 aliphatic heterocycles. The summed E-state index contributed by atoms with van der Waals surface area (Å²) >= 11 is 0. The molecule has 2 N–H and O–H groups in total. The zero-order valence-electron chi connectivity index (χ0n) is 10.6. The van der Waals surface area contributed by atoms with Gasteiger partial charge in [-0.1, -0.05) is 18.6 Å². The van der Waals surface area contributed by atoms with E-state index in [1.54, 1.807) is 0 Å². The lowest BCUT2D eigenvalue weighted by molar-refractivity contribution is 0.410. The number of nitrogens with zero attached hydrogens (tertiary/aromatic N) is 2. The maximum atomic E-state index is 5.81. The van der Waals surface area contributed by atoms with Crippen molar-refractivity contribution in [2.45, 2.75) is 32.1 Å². The molecule has 0 amide bonds. The van der Waals surface area contributed by atoms with Crippen molar-refractivity contribution in [3.63, 3.8) is 0 Å². The van der Waals surface area contributed by atoms with Crippen LogP contribution in [-0.2, 0) is 0 Å². The Bertz CT molecular complexity index is 574. The highest BCUT2D eigenvalue weighted by Crippen LogP contribution is 2.36. The van der Waals surface area contributed by atoms with Crippen LogP contribution in [-0.4, -0.2) is 9.97 Å². The highest BCUT2D eigenvalue weighted by atomic mass is 14.9. The van der Waals surface area contributed by atoms with E-state index in [-0.39, 0.29) is 0 Å². The lowest BCUT2D eigenvalue weighted by Crippen LogP contribution is -2.12. The van der Waals surface area contributed by atoms with Gasteiger partial charge in [-0.15, -0.1) is 0 Å². The van der Waals surface area contributed by atoms with Gasteiger partial charge in [0.05, 0.1) is 0 Å². The number of rotatable bonds is 2. The Morgan fingerprint density at radius 2 is 2.00 bits per heavy atom. The van der Waals surface area contributed by atoms with Crippen molar-refractivity contribution in [3.05, 3.63) is 41.7 Å². The number of hydrogen-bond acceptors (Lipinski definition) is 3. The lowest BCUT2D eigenvalue weighted by Gasteiger charge is -2.25. The molecule has 1 aromatic carbocycles. The molecule has 1 fully saturated rings. The molecule has 3 rings (SSSR count). The summed E-state index contributed by atoms with van der Waals surface area (Å²) in [4.78, 5) is 9.22. The van der Waals surface area contributed by atoms with Crippen molar-refractivity contribution in [2.24, 2.45) is 0 Å². The summed E-state index contributed by atoms with van der Waals surface area (Å²) < 4.78 is 0. The predicted octanol–water partition coefficient (Wildman–Crippen LogP) is 3.30. The third-order valence-corrected chi connectivity index (χ3v) is 3.54. The molecular weight excluding hydrogens is 222 g/mol. The van der Waals surface area contributed by atoms with Crippen LogP contribution in [0.1, 0.15) is 36.6 Å². The first-order valence-corrected chi connectivity index (χ1v) is 6.44. The Labute approximate surface area is 107 Å². The molecule has 1 aromatic heterocycles. The molecule has 1 saturated carbocycles. The van der Waals surface area contributed by atoms with Gasteiger partial charge in [-0.3, -0.25) is 0 Å². The van der Waals surface area contributed by atoms with Crippen molar-refractivity contribution in [3.8, 4) is 11.4 Å². The maximum Gasteiger partial charge on any atom is 0.159 e. The standard InChI is InChI=1S/C15H17N3/c1-10-8-14(11-4-2-5-11)18-15(17-10)12-6-3-7-13(16)9-12/h3,6-9,11H,2,4-5,16H2,1H3. The van der Waals surface area contributed by atoms with Crippen molar-refractivity contribution in [1.29, 1.82) is 0 Å². The van der Waals surface area contributed by atoms with Crippen LogP contribution in [0, 0.1) is 6.92 Å². The number of nitrogen functional groups attached to an aromatic ring is 1. The summed E-state index contributed by atoms with van der Waals surface area (Å²) in [5.41, 5.74) is 9.78. The average molecular weight is 239 g/mol. The third kappa shape index (κ3) is 2.08. The van der Waals surface area contributed by atoms with Gasteiger partial charge in [-0.25, -0.2) is 9.97 Å². The zero-order valence-corrected chi connectivity index (χ0v) is 10.6. The molecule has 2 aromatic rings. The second kappa shape index (κ2) is 4.41. The van der Waals surface area contributed by atoms with Gasteiger partial charge in [-0.05, 0) is 38.0 Å². The SMILES string of the molecule is Cc1cc(C2CCC2)nc(-c2cccc(N)c2)n1. The molecule has 0 radical (unpaired) electrons. The van der Waals surface area contributed by atoms with Crippen molar-refractivity contribution in [2.75, 3.05) is 5.73 Å². The number of hydrogen-bond donors (Lipinski definition) is 1. The van der Waals surface area contributed by atoms with Crippen LogP contribution in [0.25, 0.3) is 11.4 Å². The minimum absolute atomic E-state index is 0.631. The van der Waals surface area contributed by atoms with Crippen LogP contribution < -0.4 is 5.73 Å². The van der Waals surface area contributed by atoms with Gasteiger partial charge in [0.2, 0.25) is 0 Å². The largest absolute Gasteiger partial charge is 0.399 e. The molecule has 1 aliphatic carbocycles. The molecule has 0 spiro atoms. The number of anilines is 1. The average Bonchev–Trinajstić information content (AvgIpc) is 2.26. The van der Waals surface area contributed by atoms with E-state index >= 15 is 0 Å². The van der Waals surface area contributed by atoms with Gasteiger partial charge in [0, 0.05) is 28.6 Å². The summed E-state index contributed by atoms with van der Waals surface area (Å²) in [6, 6.07) is 9.88. The maximum absolute atomic E-state index is 5.81. The smallest absolute Gasteiger partial charge is 0.159 e. The number of aryl methyl sites for hydroxylation is 1. The highest BCUT2D eigenvalue weighted by Gasteiger charge is 2.21. The normalized spacial score (nSPS) is 15.4. The molecule has 0 atom stereocenters. The van der Waals surface area contributed by atoms with Crippen LogP contribution >= 0.6 is 0 Å². The van der Waals surface area contributed by atoms with E-state index in [1.807, 2.05) is 31.2 Å². The molecule has 1 aliphatic rings. The zero-order chi connectivity index (χ0) is 12.5. The van der Waals surface area contributed by atoms with Gasteiger partial charge in [0.25, 0.3) is 0 Å². The van der Waals surface area contributed by atoms with Crippen LogP contribution in [0.2, 0.25) is 0 Å². The Morgan fingerprint density at radius 3 is 2.67 bits per heavy atom. The van der Waals surface area contributed by atoms with Crippen molar-refractivity contribution >= 4 is 5.69 Å². The van der Waals surface area contributed by atoms with E-state index in [0.29, 0.717) is 5.92 Å². The fraction of sp³-hybridized carbons (Fsp3) is 0.333. The number of benzene rings is 1. The summed E-state index contributed by atoms with van der Waals surface area (Å²) in [7, 11) is 0. The second-order valence-corrected chi connectivity index (χ2v) is 5.01. The van der Waals surface area contributed by atoms with Gasteiger partial charge in [0.1, 0.15) is 0 Å². The minimum atomic E-state index is 0.631. The highest BCUT2D eigenvalue weighted by molar-refractivity contribution is 5.61. The quantitative estimate of drug-likeness (QED) is 0.818. The Hall–Kier alpha value is -1.90. The summed E-state index contributed by atoms with van der Waals surface area (Å²) in [6.45, 7) is 2.03. The summed E-state index contributed by atoms with van der Waals surface area (Å²) in [5.74, 6) is 1.43. The van der Waals surface area contributed by atoms with Crippen LogP contribution in [0.5, 0.6) is 0 Å². The third-order valence-electron chi connectivity index (χ3n) is 3.54. The minimum Gasteiger partial charge on any atom is -0.399 e. The van der Waals surface area contributed by atoms with Crippen LogP contribution in [0.3, 0.4) is 0 Å². The van der Waals surface area contributed by atoms with E-state index in [1.165, 1.54) is 25.0 Å². The van der Waals surface area contributed by atoms with Gasteiger partial charge >= 0.3 is 0 Å². The number of aromatic nitrogens is 2. The van der Waals surface area contributed by atoms with E-state index in [0.717, 1.165) is 22.8 Å². The molecule has 0 bridgehead atoms. The first kappa shape index (κ1) is 11.2. The van der Waals surface area contributed by atoms with Crippen LogP contribution in [0.15, 0.2) is 30.3 Å². The molecule has 0 unspecified atom stereocenters. The lowest BCUT2D eigenvalue weighted by atomic mass is 9.82. The monoisotopic (exact) mass is 239 g/mol. The van der Waals surface area contributed by atoms with E-state index in [4.69, 9.17) is 10.7 Å². The summed E-state index contributed by atoms with van der Waals surface area (Å²) in [6.07, 6.45) is 3.83. The molecule has 92 valence electrons. The molecule has 0 saturated heterocycles. The fourth-order valence-electron chi connectivity index (χ4n) is 2.31. The molecule has 18 heavy (non-hydrogen) atoms. The van der Waals surface area contributed by atoms with E-state index in [9.17, 15) is 0 Å². The molecule has 3 heteroatoms. The fourth-order valence-corrected chi connectivity index (χ4v) is 2.31. The Balaban J connectivity index is 2.03. The molecular formula is C15H17N3. The predicted molar refractivity (Wildman–Crippen MR) is 73.2 cm³/mol. The topological polar surface area (TPSA) is 51.8 Å². The number of nitrogens with two attached hydrogens (primary N) is 1. The van der Waals surface area contributed by atoms with E-state index in [2.05, 4.69) is 11.1 Å². The summed E-state index contributed by atoms with van der Waals surface area (Å²) in [5, 5.41) is 0. The first-order valence-electron chi connectivity index (χ1n) is 6.44. The van der Waals surface area contributed by atoms with E-state index < -0.39 is 0 Å². The van der Waals surface area contributed by atoms with Crippen LogP contribution in [0.4, 0.5) is 5.69 Å². The van der Waals surface area contributed by atoms with Crippen molar-refractivity contribution in [1.82, 2.24) is 9.97 Å². The van der Waals surface area contributed by atoms with Gasteiger partial charge in [-0.2, -0.15) is 0 Å². The molecule has 1 heterocycles. The van der Waals surface area contributed by atoms with Crippen molar-refractivity contribution < 1.29 is 0 Å².